The summed E-state index contributed by atoms with van der Waals surface area (Å²) in [7, 11) is -3.67. The molecule has 0 amide bonds. The molecular formula is C13H15N3O3S. The van der Waals surface area contributed by atoms with Crippen LogP contribution in [0.3, 0.4) is 0 Å². The van der Waals surface area contributed by atoms with Crippen LogP contribution in [0.15, 0.2) is 41.6 Å². The van der Waals surface area contributed by atoms with Gasteiger partial charge in [0.2, 0.25) is 0 Å². The van der Waals surface area contributed by atoms with Crippen molar-refractivity contribution in [3.05, 3.63) is 42.1 Å². The summed E-state index contributed by atoms with van der Waals surface area (Å²) in [5, 5.41) is 16.4. The van der Waals surface area contributed by atoms with Crippen LogP contribution < -0.4 is 4.31 Å². The molecule has 6 nitrogen and oxygen atoms in total. The zero-order valence-corrected chi connectivity index (χ0v) is 11.5. The van der Waals surface area contributed by atoms with Crippen LogP contribution in [0.2, 0.25) is 0 Å². The summed E-state index contributed by atoms with van der Waals surface area (Å²) in [6.45, 7) is 0.343. The third-order valence-electron chi connectivity index (χ3n) is 3.45. The van der Waals surface area contributed by atoms with Crippen LogP contribution in [0.1, 0.15) is 24.5 Å². The van der Waals surface area contributed by atoms with Crippen molar-refractivity contribution in [3.63, 3.8) is 0 Å². The van der Waals surface area contributed by atoms with E-state index in [2.05, 4.69) is 10.2 Å². The van der Waals surface area contributed by atoms with E-state index in [-0.39, 0.29) is 5.03 Å². The molecule has 1 aliphatic rings. The van der Waals surface area contributed by atoms with Crippen LogP contribution in [0.5, 0.6) is 0 Å². The Kier molecular flexibility index (Phi) is 3.23. The van der Waals surface area contributed by atoms with E-state index in [0.717, 1.165) is 0 Å². The van der Waals surface area contributed by atoms with E-state index in [1.54, 1.807) is 24.3 Å². The van der Waals surface area contributed by atoms with Crippen molar-refractivity contribution in [1.29, 1.82) is 0 Å². The highest BCUT2D eigenvalue weighted by atomic mass is 32.2. The molecule has 2 aromatic rings. The first-order valence-electron chi connectivity index (χ1n) is 6.40. The minimum absolute atomic E-state index is 0.0590. The highest BCUT2D eigenvalue weighted by molar-refractivity contribution is 7.92. The molecule has 0 saturated carbocycles. The molecule has 0 aliphatic carbocycles. The van der Waals surface area contributed by atoms with Crippen molar-refractivity contribution >= 4 is 15.7 Å². The number of para-hydroxylation sites is 1. The normalized spacial score (nSPS) is 19.4. The number of fused-ring (bicyclic) bond motifs is 1. The van der Waals surface area contributed by atoms with Crippen molar-refractivity contribution in [3.8, 4) is 0 Å². The summed E-state index contributed by atoms with van der Waals surface area (Å²) < 4.78 is 26.6. The van der Waals surface area contributed by atoms with Crippen LogP contribution in [0.4, 0.5) is 5.69 Å². The number of aliphatic hydroxyl groups excluding tert-OH is 1. The lowest BCUT2D eigenvalue weighted by molar-refractivity contribution is 0.168. The average molecular weight is 293 g/mol. The van der Waals surface area contributed by atoms with Gasteiger partial charge in [0.25, 0.3) is 10.0 Å². The standard InChI is InChI=1S/C13H15N3O3S/c17-12-6-3-9-16(11-5-2-1-4-10(11)12)20(18,19)13-7-8-14-15-13/h1-2,4-5,7-8,12,17H,3,6,9H2,(H,14,15). The first-order chi connectivity index (χ1) is 9.60. The zero-order valence-electron chi connectivity index (χ0n) is 10.7. The third-order valence-corrected chi connectivity index (χ3v) is 5.19. The fourth-order valence-electron chi connectivity index (χ4n) is 2.46. The fraction of sp³-hybridized carbons (Fsp3) is 0.308. The van der Waals surface area contributed by atoms with Crippen LogP contribution in [0, 0.1) is 0 Å². The average Bonchev–Trinajstić information content (AvgIpc) is 2.93. The second kappa shape index (κ2) is 4.92. The molecule has 0 saturated heterocycles. The minimum atomic E-state index is -3.67. The smallest absolute Gasteiger partial charge is 0.281 e. The number of aromatic nitrogens is 2. The Bertz CT molecular complexity index is 697. The second-order valence-electron chi connectivity index (χ2n) is 4.71. The molecule has 0 fully saturated rings. The summed E-state index contributed by atoms with van der Waals surface area (Å²) in [5.74, 6) is 0. The topological polar surface area (TPSA) is 86.3 Å². The van der Waals surface area contributed by atoms with E-state index in [1.165, 1.54) is 16.6 Å². The van der Waals surface area contributed by atoms with E-state index in [1.807, 2.05) is 0 Å². The number of aromatic amines is 1. The predicted octanol–water partition coefficient (Wildman–Crippen LogP) is 1.43. The SMILES string of the molecule is O=S(=O)(c1ccn[nH]1)N1CCCC(O)c2ccccc21. The Morgan fingerprint density at radius 2 is 2.10 bits per heavy atom. The van der Waals surface area contributed by atoms with Crippen LogP contribution >= 0.6 is 0 Å². The monoisotopic (exact) mass is 293 g/mol. The van der Waals surface area contributed by atoms with Crippen LogP contribution in [0.25, 0.3) is 0 Å². The fourth-order valence-corrected chi connectivity index (χ4v) is 3.89. The van der Waals surface area contributed by atoms with E-state index in [4.69, 9.17) is 0 Å². The number of benzene rings is 1. The quantitative estimate of drug-likeness (QED) is 0.877. The van der Waals surface area contributed by atoms with Gasteiger partial charge in [-0.1, -0.05) is 18.2 Å². The predicted molar refractivity (Wildman–Crippen MR) is 73.8 cm³/mol. The van der Waals surface area contributed by atoms with Crippen molar-refractivity contribution in [1.82, 2.24) is 10.2 Å². The van der Waals surface area contributed by atoms with Crippen LogP contribution in [-0.2, 0) is 10.0 Å². The van der Waals surface area contributed by atoms with Gasteiger partial charge in [-0.25, -0.2) is 0 Å². The Labute approximate surface area is 117 Å². The van der Waals surface area contributed by atoms with E-state index in [0.29, 0.717) is 30.6 Å². The second-order valence-corrected chi connectivity index (χ2v) is 6.55. The van der Waals surface area contributed by atoms with Gasteiger partial charge in [-0.05, 0) is 25.0 Å². The molecule has 7 heteroatoms. The highest BCUT2D eigenvalue weighted by Crippen LogP contribution is 2.35. The number of sulfonamides is 1. The van der Waals surface area contributed by atoms with Gasteiger partial charge in [-0.15, -0.1) is 0 Å². The number of hydrogen-bond acceptors (Lipinski definition) is 4. The molecule has 1 aromatic carbocycles. The van der Waals surface area contributed by atoms with Gasteiger partial charge in [0.15, 0.2) is 5.03 Å². The van der Waals surface area contributed by atoms with Gasteiger partial charge in [0.05, 0.1) is 18.0 Å². The molecule has 0 bridgehead atoms. The Morgan fingerprint density at radius 1 is 1.30 bits per heavy atom. The Hall–Kier alpha value is -1.86. The number of hydrogen-bond donors (Lipinski definition) is 2. The lowest BCUT2D eigenvalue weighted by Crippen LogP contribution is -2.32. The summed E-state index contributed by atoms with van der Waals surface area (Å²) >= 11 is 0. The molecule has 1 aromatic heterocycles. The Balaban J connectivity index is 2.13. The minimum Gasteiger partial charge on any atom is -0.388 e. The molecule has 2 heterocycles. The number of H-pyrrole nitrogens is 1. The molecular weight excluding hydrogens is 278 g/mol. The van der Waals surface area contributed by atoms with E-state index >= 15 is 0 Å². The number of nitrogens with one attached hydrogen (secondary N) is 1. The molecule has 1 atom stereocenters. The van der Waals surface area contributed by atoms with Crippen molar-refractivity contribution < 1.29 is 13.5 Å². The molecule has 0 spiro atoms. The van der Waals surface area contributed by atoms with E-state index < -0.39 is 16.1 Å². The van der Waals surface area contributed by atoms with Gasteiger partial charge in [-0.3, -0.25) is 9.40 Å². The van der Waals surface area contributed by atoms with Crippen molar-refractivity contribution in [2.75, 3.05) is 10.8 Å². The van der Waals surface area contributed by atoms with Crippen molar-refractivity contribution in [2.45, 2.75) is 24.0 Å². The van der Waals surface area contributed by atoms with Crippen molar-refractivity contribution in [2.24, 2.45) is 0 Å². The third kappa shape index (κ3) is 2.08. The molecule has 1 unspecified atom stereocenters. The largest absolute Gasteiger partial charge is 0.388 e. The molecule has 2 N–H and O–H groups in total. The van der Waals surface area contributed by atoms with Crippen LogP contribution in [-0.4, -0.2) is 30.3 Å². The van der Waals surface area contributed by atoms with E-state index in [9.17, 15) is 13.5 Å². The highest BCUT2D eigenvalue weighted by Gasteiger charge is 2.31. The lowest BCUT2D eigenvalue weighted by atomic mass is 10.1. The number of anilines is 1. The number of nitrogens with zero attached hydrogens (tertiary/aromatic N) is 2. The first-order valence-corrected chi connectivity index (χ1v) is 7.84. The molecule has 0 radical (unpaired) electrons. The number of aliphatic hydroxyl groups is 1. The van der Waals surface area contributed by atoms with Gasteiger partial charge < -0.3 is 5.11 Å². The maximum absolute atomic E-state index is 12.6. The first kappa shape index (κ1) is 13.1. The lowest BCUT2D eigenvalue weighted by Gasteiger charge is -2.23. The summed E-state index contributed by atoms with van der Waals surface area (Å²) in [6, 6.07) is 8.48. The zero-order chi connectivity index (χ0) is 14.2. The molecule has 1 aliphatic heterocycles. The molecule has 106 valence electrons. The molecule has 3 rings (SSSR count). The number of rotatable bonds is 2. The molecule has 20 heavy (non-hydrogen) atoms. The van der Waals surface area contributed by atoms with Gasteiger partial charge in [-0.2, -0.15) is 13.5 Å². The van der Waals surface area contributed by atoms with Gasteiger partial charge >= 0.3 is 0 Å². The summed E-state index contributed by atoms with van der Waals surface area (Å²) in [6.07, 6.45) is 1.92. The maximum atomic E-state index is 12.6. The summed E-state index contributed by atoms with van der Waals surface area (Å²) in [4.78, 5) is 0. The maximum Gasteiger partial charge on any atom is 0.281 e. The Morgan fingerprint density at radius 3 is 2.85 bits per heavy atom. The summed E-state index contributed by atoms with van der Waals surface area (Å²) in [5.41, 5.74) is 1.18. The van der Waals surface area contributed by atoms with Gasteiger partial charge in [0.1, 0.15) is 0 Å². The van der Waals surface area contributed by atoms with Gasteiger partial charge in [0, 0.05) is 12.1 Å².